The topological polar surface area (TPSA) is 64.8 Å². The number of hydrogen-bond acceptors (Lipinski definition) is 4. The summed E-state index contributed by atoms with van der Waals surface area (Å²) in [5.74, 6) is 0.676. The number of carbonyl (C=O) groups excluding carboxylic acids is 1. The van der Waals surface area contributed by atoms with Crippen molar-refractivity contribution >= 4 is 11.8 Å². The molecule has 21 heavy (non-hydrogen) atoms. The summed E-state index contributed by atoms with van der Waals surface area (Å²) in [6.45, 7) is 10.6. The number of anilines is 1. The van der Waals surface area contributed by atoms with Crippen LogP contribution in [0.2, 0.25) is 0 Å². The molecule has 0 unspecified atom stereocenters. The summed E-state index contributed by atoms with van der Waals surface area (Å²) in [6.07, 6.45) is -0.239. The van der Waals surface area contributed by atoms with Crippen LogP contribution in [0.4, 0.5) is 10.5 Å². The van der Waals surface area contributed by atoms with Gasteiger partial charge in [-0.15, -0.1) is 0 Å². The highest BCUT2D eigenvalue weighted by Crippen LogP contribution is 2.33. The zero-order valence-corrected chi connectivity index (χ0v) is 13.4. The molecule has 1 aliphatic heterocycles. The fraction of sp³-hybridized carbons (Fsp3) is 0.562. The van der Waals surface area contributed by atoms with E-state index in [1.165, 1.54) is 0 Å². The highest BCUT2D eigenvalue weighted by Gasteiger charge is 2.28. The average Bonchev–Trinajstić information content (AvgIpc) is 2.69. The highest BCUT2D eigenvalue weighted by molar-refractivity contribution is 5.70. The van der Waals surface area contributed by atoms with Crippen LogP contribution in [0.15, 0.2) is 12.1 Å². The minimum absolute atomic E-state index is 0.0636. The first kappa shape index (κ1) is 15.5. The highest BCUT2D eigenvalue weighted by atomic mass is 16.6. The van der Waals surface area contributed by atoms with Crippen molar-refractivity contribution in [2.24, 2.45) is 0 Å². The van der Waals surface area contributed by atoms with E-state index in [4.69, 9.17) is 15.2 Å². The van der Waals surface area contributed by atoms with E-state index in [2.05, 4.69) is 0 Å². The lowest BCUT2D eigenvalue weighted by atomic mass is 10.1. The second-order valence-electron chi connectivity index (χ2n) is 6.66. The largest absolute Gasteiger partial charge is 0.489 e. The van der Waals surface area contributed by atoms with Gasteiger partial charge in [0.25, 0.3) is 0 Å². The van der Waals surface area contributed by atoms with Crippen molar-refractivity contribution in [1.82, 2.24) is 4.90 Å². The van der Waals surface area contributed by atoms with Gasteiger partial charge >= 0.3 is 6.09 Å². The number of rotatable bonds is 2. The van der Waals surface area contributed by atoms with E-state index < -0.39 is 5.60 Å². The average molecular weight is 292 g/mol. The molecule has 1 heterocycles. The zero-order valence-electron chi connectivity index (χ0n) is 13.4. The monoisotopic (exact) mass is 292 g/mol. The molecule has 116 valence electrons. The molecule has 1 aliphatic rings. The van der Waals surface area contributed by atoms with E-state index >= 15 is 0 Å². The maximum absolute atomic E-state index is 12.1. The molecule has 5 nitrogen and oxygen atoms in total. The van der Waals surface area contributed by atoms with Gasteiger partial charge in [-0.25, -0.2) is 4.79 Å². The third-order valence-corrected chi connectivity index (χ3v) is 3.07. The molecule has 5 heteroatoms. The minimum atomic E-state index is -0.489. The molecular weight excluding hydrogens is 268 g/mol. The van der Waals surface area contributed by atoms with Gasteiger partial charge in [0.1, 0.15) is 11.4 Å². The normalized spacial score (nSPS) is 14.3. The van der Waals surface area contributed by atoms with Crippen molar-refractivity contribution < 1.29 is 14.3 Å². The standard InChI is InChI=1S/C16H24N2O3/c1-10(2)20-14-7-12-9-18(8-11(12)6-13(14)17)15(19)21-16(3,4)5/h6-7,10H,8-9,17H2,1-5H3. The Morgan fingerprint density at radius 2 is 1.81 bits per heavy atom. The van der Waals surface area contributed by atoms with Gasteiger partial charge in [0, 0.05) is 13.1 Å². The molecule has 1 aromatic rings. The van der Waals surface area contributed by atoms with E-state index in [1.54, 1.807) is 4.90 Å². The van der Waals surface area contributed by atoms with Gasteiger partial charge in [0.05, 0.1) is 11.8 Å². The lowest BCUT2D eigenvalue weighted by molar-refractivity contribution is 0.0241. The predicted octanol–water partition coefficient (Wildman–Crippen LogP) is 3.31. The maximum atomic E-state index is 12.1. The van der Waals surface area contributed by atoms with Crippen molar-refractivity contribution in [3.05, 3.63) is 23.3 Å². The maximum Gasteiger partial charge on any atom is 0.410 e. The fourth-order valence-corrected chi connectivity index (χ4v) is 2.26. The molecule has 0 aliphatic carbocycles. The molecule has 1 aromatic carbocycles. The Bertz CT molecular complexity index is 547. The molecule has 2 rings (SSSR count). The molecule has 2 N–H and O–H groups in total. The van der Waals surface area contributed by atoms with Crippen LogP contribution >= 0.6 is 0 Å². The zero-order chi connectivity index (χ0) is 15.8. The van der Waals surface area contributed by atoms with E-state index in [-0.39, 0.29) is 12.2 Å². The molecule has 0 saturated carbocycles. The van der Waals surface area contributed by atoms with E-state index in [1.807, 2.05) is 46.8 Å². The lowest BCUT2D eigenvalue weighted by Gasteiger charge is -2.24. The van der Waals surface area contributed by atoms with E-state index in [0.29, 0.717) is 24.5 Å². The van der Waals surface area contributed by atoms with Crippen LogP contribution in [0.25, 0.3) is 0 Å². The SMILES string of the molecule is CC(C)Oc1cc2c(cc1N)CN(C(=O)OC(C)(C)C)C2. The van der Waals surface area contributed by atoms with Crippen molar-refractivity contribution in [1.29, 1.82) is 0 Å². The molecular formula is C16H24N2O3. The van der Waals surface area contributed by atoms with Crippen LogP contribution in [0, 0.1) is 0 Å². The summed E-state index contributed by atoms with van der Waals surface area (Å²) < 4.78 is 11.1. The summed E-state index contributed by atoms with van der Waals surface area (Å²) in [6, 6.07) is 3.81. The number of amides is 1. The second kappa shape index (κ2) is 5.47. The van der Waals surface area contributed by atoms with Crippen molar-refractivity contribution in [2.75, 3.05) is 5.73 Å². The van der Waals surface area contributed by atoms with Gasteiger partial charge in [-0.1, -0.05) is 0 Å². The Hall–Kier alpha value is -1.91. The van der Waals surface area contributed by atoms with Gasteiger partial charge in [-0.05, 0) is 57.9 Å². The molecule has 0 radical (unpaired) electrons. The third-order valence-electron chi connectivity index (χ3n) is 3.07. The Labute approximate surface area is 126 Å². The first-order valence-electron chi connectivity index (χ1n) is 7.21. The number of nitrogens with zero attached hydrogens (tertiary/aromatic N) is 1. The van der Waals surface area contributed by atoms with E-state index in [0.717, 1.165) is 11.1 Å². The van der Waals surface area contributed by atoms with Crippen LogP contribution in [-0.4, -0.2) is 22.7 Å². The summed E-state index contributed by atoms with van der Waals surface area (Å²) >= 11 is 0. The van der Waals surface area contributed by atoms with Crippen LogP contribution < -0.4 is 10.5 Å². The molecule has 0 spiro atoms. The van der Waals surface area contributed by atoms with Crippen LogP contribution in [-0.2, 0) is 17.8 Å². The van der Waals surface area contributed by atoms with Gasteiger partial charge in [0.2, 0.25) is 0 Å². The Balaban J connectivity index is 2.14. The Morgan fingerprint density at radius 3 is 2.33 bits per heavy atom. The summed E-state index contributed by atoms with van der Waals surface area (Å²) in [7, 11) is 0. The number of nitrogens with two attached hydrogens (primary N) is 1. The van der Waals surface area contributed by atoms with Gasteiger partial charge in [-0.2, -0.15) is 0 Å². The van der Waals surface area contributed by atoms with Crippen molar-refractivity contribution in [3.63, 3.8) is 0 Å². The Kier molecular flexibility index (Phi) is 4.03. The number of ether oxygens (including phenoxy) is 2. The smallest absolute Gasteiger partial charge is 0.410 e. The van der Waals surface area contributed by atoms with E-state index in [9.17, 15) is 4.79 Å². The van der Waals surface area contributed by atoms with Crippen LogP contribution in [0.5, 0.6) is 5.75 Å². The first-order valence-corrected chi connectivity index (χ1v) is 7.21. The molecule has 1 amide bonds. The van der Waals surface area contributed by atoms with Crippen molar-refractivity contribution in [2.45, 2.75) is 59.4 Å². The quantitative estimate of drug-likeness (QED) is 0.849. The summed E-state index contributed by atoms with van der Waals surface area (Å²) in [5.41, 5.74) is 8.23. The van der Waals surface area contributed by atoms with Crippen molar-refractivity contribution in [3.8, 4) is 5.75 Å². The van der Waals surface area contributed by atoms with Crippen LogP contribution in [0.1, 0.15) is 45.7 Å². The number of hydrogen-bond donors (Lipinski definition) is 1. The third kappa shape index (κ3) is 3.80. The lowest BCUT2D eigenvalue weighted by Crippen LogP contribution is -2.33. The molecule has 0 bridgehead atoms. The number of fused-ring (bicyclic) bond motifs is 1. The van der Waals surface area contributed by atoms with Crippen LogP contribution in [0.3, 0.4) is 0 Å². The number of nitrogen functional groups attached to an aromatic ring is 1. The summed E-state index contributed by atoms with van der Waals surface area (Å²) in [4.78, 5) is 13.8. The molecule has 0 saturated heterocycles. The Morgan fingerprint density at radius 1 is 1.24 bits per heavy atom. The second-order valence-corrected chi connectivity index (χ2v) is 6.66. The number of carbonyl (C=O) groups is 1. The molecule has 0 aromatic heterocycles. The van der Waals surface area contributed by atoms with Gasteiger partial charge in [0.15, 0.2) is 0 Å². The fourth-order valence-electron chi connectivity index (χ4n) is 2.26. The summed E-state index contributed by atoms with van der Waals surface area (Å²) in [5, 5.41) is 0. The number of benzene rings is 1. The van der Waals surface area contributed by atoms with Gasteiger partial charge < -0.3 is 15.2 Å². The van der Waals surface area contributed by atoms with Gasteiger partial charge in [-0.3, -0.25) is 4.90 Å². The minimum Gasteiger partial charge on any atom is -0.489 e. The first-order chi connectivity index (χ1) is 9.65. The predicted molar refractivity (Wildman–Crippen MR) is 82.1 cm³/mol. The molecule has 0 fully saturated rings. The molecule has 0 atom stereocenters.